The van der Waals surface area contributed by atoms with Crippen molar-refractivity contribution in [3.05, 3.63) is 34.9 Å². The second kappa shape index (κ2) is 3.83. The van der Waals surface area contributed by atoms with E-state index in [4.69, 9.17) is 10.4 Å². The standard InChI is InChI=1S/C9H5F2NO2/c10-7-4-5(1-2-12)3-6(8(7)11)9(13)14/h3-4H,1H2,(H,13,14). The third-order valence-corrected chi connectivity index (χ3v) is 1.60. The predicted octanol–water partition coefficient (Wildman–Crippen LogP) is 1.73. The number of hydrogen-bond acceptors (Lipinski definition) is 2. The van der Waals surface area contributed by atoms with Crippen LogP contribution >= 0.6 is 0 Å². The van der Waals surface area contributed by atoms with E-state index in [2.05, 4.69) is 0 Å². The van der Waals surface area contributed by atoms with Crippen molar-refractivity contribution in [2.24, 2.45) is 0 Å². The Labute approximate surface area is 78.2 Å². The summed E-state index contributed by atoms with van der Waals surface area (Å²) < 4.78 is 25.6. The molecule has 0 saturated carbocycles. The summed E-state index contributed by atoms with van der Waals surface area (Å²) in [6.45, 7) is 0. The summed E-state index contributed by atoms with van der Waals surface area (Å²) in [5.74, 6) is -4.21. The quantitative estimate of drug-likeness (QED) is 0.785. The molecule has 0 fully saturated rings. The first kappa shape index (κ1) is 10.1. The van der Waals surface area contributed by atoms with Gasteiger partial charge >= 0.3 is 5.97 Å². The number of nitrogens with zero attached hydrogens (tertiary/aromatic N) is 1. The first-order valence-electron chi connectivity index (χ1n) is 3.64. The second-order valence-electron chi connectivity index (χ2n) is 2.58. The average molecular weight is 197 g/mol. The van der Waals surface area contributed by atoms with E-state index in [9.17, 15) is 13.6 Å². The highest BCUT2D eigenvalue weighted by atomic mass is 19.2. The van der Waals surface area contributed by atoms with E-state index < -0.39 is 23.2 Å². The third kappa shape index (κ3) is 1.85. The minimum Gasteiger partial charge on any atom is -0.478 e. The Morgan fingerprint density at radius 1 is 1.50 bits per heavy atom. The van der Waals surface area contributed by atoms with Crippen LogP contribution in [-0.2, 0) is 6.42 Å². The lowest BCUT2D eigenvalue weighted by atomic mass is 10.1. The fraction of sp³-hybridized carbons (Fsp3) is 0.111. The van der Waals surface area contributed by atoms with Crippen LogP contribution in [0, 0.1) is 23.0 Å². The molecule has 0 radical (unpaired) electrons. The molecule has 0 saturated heterocycles. The van der Waals surface area contributed by atoms with Gasteiger partial charge in [-0.25, -0.2) is 13.6 Å². The molecule has 14 heavy (non-hydrogen) atoms. The lowest BCUT2D eigenvalue weighted by Crippen LogP contribution is -2.04. The van der Waals surface area contributed by atoms with E-state index in [1.54, 1.807) is 6.07 Å². The molecule has 0 amide bonds. The molecule has 1 aromatic rings. The van der Waals surface area contributed by atoms with Crippen LogP contribution in [-0.4, -0.2) is 11.1 Å². The number of hydrogen-bond donors (Lipinski definition) is 1. The van der Waals surface area contributed by atoms with Crippen LogP contribution in [0.4, 0.5) is 8.78 Å². The van der Waals surface area contributed by atoms with Crippen LogP contribution in [0.1, 0.15) is 15.9 Å². The largest absolute Gasteiger partial charge is 0.478 e. The Bertz CT molecular complexity index is 424. The summed E-state index contributed by atoms with van der Waals surface area (Å²) in [5, 5.41) is 16.8. The van der Waals surface area contributed by atoms with Gasteiger partial charge in [-0.3, -0.25) is 0 Å². The summed E-state index contributed by atoms with van der Waals surface area (Å²) >= 11 is 0. The zero-order valence-electron chi connectivity index (χ0n) is 6.92. The van der Waals surface area contributed by atoms with Crippen molar-refractivity contribution < 1.29 is 18.7 Å². The van der Waals surface area contributed by atoms with Gasteiger partial charge in [-0.2, -0.15) is 5.26 Å². The monoisotopic (exact) mass is 197 g/mol. The van der Waals surface area contributed by atoms with Crippen molar-refractivity contribution in [2.75, 3.05) is 0 Å². The molecule has 3 nitrogen and oxygen atoms in total. The molecule has 0 unspecified atom stereocenters. The Morgan fingerprint density at radius 2 is 2.14 bits per heavy atom. The van der Waals surface area contributed by atoms with E-state index in [0.717, 1.165) is 12.1 Å². The van der Waals surface area contributed by atoms with Gasteiger partial charge in [-0.15, -0.1) is 0 Å². The van der Waals surface area contributed by atoms with Gasteiger partial charge in [0.25, 0.3) is 0 Å². The second-order valence-corrected chi connectivity index (χ2v) is 2.58. The molecule has 0 aromatic heterocycles. The van der Waals surface area contributed by atoms with Crippen molar-refractivity contribution in [3.8, 4) is 6.07 Å². The van der Waals surface area contributed by atoms with E-state index in [0.29, 0.717) is 0 Å². The summed E-state index contributed by atoms with van der Waals surface area (Å²) in [6.07, 6.45) is -0.155. The molecule has 0 bridgehead atoms. The Hall–Kier alpha value is -1.96. The zero-order valence-corrected chi connectivity index (χ0v) is 6.92. The number of halogens is 2. The van der Waals surface area contributed by atoms with Crippen molar-refractivity contribution in [1.82, 2.24) is 0 Å². The molecule has 72 valence electrons. The molecule has 0 spiro atoms. The molecule has 1 aromatic carbocycles. The SMILES string of the molecule is N#CCc1cc(F)c(F)c(C(=O)O)c1. The van der Waals surface area contributed by atoms with Gasteiger partial charge in [0.2, 0.25) is 0 Å². The maximum Gasteiger partial charge on any atom is 0.338 e. The minimum atomic E-state index is -1.55. The predicted molar refractivity (Wildman–Crippen MR) is 42.6 cm³/mol. The van der Waals surface area contributed by atoms with Gasteiger partial charge in [0, 0.05) is 0 Å². The lowest BCUT2D eigenvalue weighted by molar-refractivity contribution is 0.0690. The van der Waals surface area contributed by atoms with E-state index in [-0.39, 0.29) is 12.0 Å². The molecule has 5 heteroatoms. The number of carboxylic acids is 1. The summed E-state index contributed by atoms with van der Waals surface area (Å²) in [7, 11) is 0. The Kier molecular flexibility index (Phi) is 2.77. The number of carboxylic acid groups (broad SMARTS) is 1. The van der Waals surface area contributed by atoms with Gasteiger partial charge in [-0.1, -0.05) is 0 Å². The number of benzene rings is 1. The van der Waals surface area contributed by atoms with Crippen LogP contribution in [0.5, 0.6) is 0 Å². The van der Waals surface area contributed by atoms with Crippen molar-refractivity contribution in [1.29, 1.82) is 5.26 Å². The first-order chi connectivity index (χ1) is 6.56. The Morgan fingerprint density at radius 3 is 2.64 bits per heavy atom. The number of nitriles is 1. The maximum absolute atomic E-state index is 12.8. The molecular weight excluding hydrogens is 192 g/mol. The van der Waals surface area contributed by atoms with Gasteiger partial charge < -0.3 is 5.11 Å². The van der Waals surface area contributed by atoms with Crippen LogP contribution in [0.15, 0.2) is 12.1 Å². The molecule has 0 atom stereocenters. The smallest absolute Gasteiger partial charge is 0.338 e. The van der Waals surface area contributed by atoms with E-state index in [1.807, 2.05) is 0 Å². The minimum absolute atomic E-state index is 0.142. The van der Waals surface area contributed by atoms with E-state index in [1.165, 1.54) is 0 Å². The highest BCUT2D eigenvalue weighted by molar-refractivity contribution is 5.88. The molecule has 0 heterocycles. The molecule has 1 rings (SSSR count). The molecule has 0 aliphatic heterocycles. The number of carbonyl (C=O) groups is 1. The normalized spacial score (nSPS) is 9.50. The molecular formula is C9H5F2NO2. The van der Waals surface area contributed by atoms with Crippen LogP contribution < -0.4 is 0 Å². The first-order valence-corrected chi connectivity index (χ1v) is 3.64. The van der Waals surface area contributed by atoms with Gasteiger partial charge in [0.15, 0.2) is 11.6 Å². The fourth-order valence-electron chi connectivity index (χ4n) is 0.994. The highest BCUT2D eigenvalue weighted by Gasteiger charge is 2.15. The molecule has 0 aliphatic carbocycles. The summed E-state index contributed by atoms with van der Waals surface area (Å²) in [6, 6.07) is 3.47. The highest BCUT2D eigenvalue weighted by Crippen LogP contribution is 2.15. The topological polar surface area (TPSA) is 61.1 Å². The number of rotatable bonds is 2. The van der Waals surface area contributed by atoms with Crippen LogP contribution in [0.3, 0.4) is 0 Å². The average Bonchev–Trinajstić information content (AvgIpc) is 2.11. The number of aromatic carboxylic acids is 1. The summed E-state index contributed by atoms with van der Waals surface area (Å²) in [4.78, 5) is 10.4. The third-order valence-electron chi connectivity index (χ3n) is 1.60. The molecule has 1 N–H and O–H groups in total. The fourth-order valence-corrected chi connectivity index (χ4v) is 0.994. The van der Waals surface area contributed by atoms with Crippen LogP contribution in [0.2, 0.25) is 0 Å². The maximum atomic E-state index is 12.8. The van der Waals surface area contributed by atoms with Gasteiger partial charge in [-0.05, 0) is 17.7 Å². The lowest BCUT2D eigenvalue weighted by Gasteiger charge is -2.01. The van der Waals surface area contributed by atoms with Crippen LogP contribution in [0.25, 0.3) is 0 Å². The van der Waals surface area contributed by atoms with E-state index >= 15 is 0 Å². The zero-order chi connectivity index (χ0) is 10.7. The van der Waals surface area contributed by atoms with Gasteiger partial charge in [0.05, 0.1) is 18.1 Å². The summed E-state index contributed by atoms with van der Waals surface area (Å²) in [5.41, 5.74) is -0.612. The van der Waals surface area contributed by atoms with Crippen molar-refractivity contribution in [2.45, 2.75) is 6.42 Å². The van der Waals surface area contributed by atoms with Crippen molar-refractivity contribution in [3.63, 3.8) is 0 Å². The van der Waals surface area contributed by atoms with Crippen molar-refractivity contribution >= 4 is 5.97 Å². The van der Waals surface area contributed by atoms with Gasteiger partial charge in [0.1, 0.15) is 0 Å². The molecule has 0 aliphatic rings. The Balaban J connectivity index is 3.29.